The van der Waals surface area contributed by atoms with Crippen LogP contribution in [-0.2, 0) is 18.3 Å². The maximum atomic E-state index is 5.74. The molecule has 0 radical (unpaired) electrons. The molecule has 2 unspecified atom stereocenters. The van der Waals surface area contributed by atoms with Crippen LogP contribution in [0.5, 0.6) is 0 Å². The van der Waals surface area contributed by atoms with Crippen molar-refractivity contribution >= 4 is 8.56 Å². The highest BCUT2D eigenvalue weighted by Crippen LogP contribution is 2.24. The summed E-state index contributed by atoms with van der Waals surface area (Å²) in [6, 6.07) is 2.08. The van der Waals surface area contributed by atoms with Gasteiger partial charge in [-0.05, 0) is 25.4 Å². The van der Waals surface area contributed by atoms with Crippen molar-refractivity contribution in [3.8, 4) is 0 Å². The van der Waals surface area contributed by atoms with E-state index >= 15 is 0 Å². The second kappa shape index (κ2) is 8.27. The summed E-state index contributed by atoms with van der Waals surface area (Å²) in [7, 11) is 1.59. The molecule has 1 fully saturated rings. The molecule has 108 valence electrons. The molecule has 1 aliphatic heterocycles. The van der Waals surface area contributed by atoms with E-state index in [1.54, 1.807) is 14.2 Å². The molecule has 1 rings (SSSR count). The molecule has 0 N–H and O–H groups in total. The maximum absolute atomic E-state index is 5.74. The molecule has 18 heavy (non-hydrogen) atoms. The lowest BCUT2D eigenvalue weighted by molar-refractivity contribution is 0.0503. The Bertz CT molecular complexity index is 217. The van der Waals surface area contributed by atoms with Crippen LogP contribution in [0.1, 0.15) is 33.1 Å². The highest BCUT2D eigenvalue weighted by atomic mass is 28.4. The number of hydrogen-bond donors (Lipinski definition) is 0. The summed E-state index contributed by atoms with van der Waals surface area (Å²) in [4.78, 5) is 0. The summed E-state index contributed by atoms with van der Waals surface area (Å²) >= 11 is 0. The normalized spacial score (nSPS) is 21.0. The fourth-order valence-corrected chi connectivity index (χ4v) is 4.98. The van der Waals surface area contributed by atoms with Crippen LogP contribution < -0.4 is 0 Å². The van der Waals surface area contributed by atoms with Crippen LogP contribution in [0.4, 0.5) is 0 Å². The van der Waals surface area contributed by atoms with Crippen molar-refractivity contribution in [3.05, 3.63) is 0 Å². The Morgan fingerprint density at radius 3 is 2.44 bits per heavy atom. The minimum absolute atomic E-state index is 0.257. The first-order valence-corrected chi connectivity index (χ1v) is 9.22. The van der Waals surface area contributed by atoms with Crippen LogP contribution in [0.2, 0.25) is 12.1 Å². The largest absolute Gasteiger partial charge is 0.398 e. The van der Waals surface area contributed by atoms with Crippen LogP contribution in [0.25, 0.3) is 0 Å². The van der Waals surface area contributed by atoms with Gasteiger partial charge in [-0.1, -0.05) is 19.8 Å². The summed E-state index contributed by atoms with van der Waals surface area (Å²) < 4.78 is 22.3. The Morgan fingerprint density at radius 2 is 1.94 bits per heavy atom. The molecule has 1 saturated heterocycles. The van der Waals surface area contributed by atoms with Gasteiger partial charge in [0.05, 0.1) is 19.3 Å². The fourth-order valence-electron chi connectivity index (χ4n) is 2.01. The van der Waals surface area contributed by atoms with Gasteiger partial charge in [0.25, 0.3) is 0 Å². The molecule has 0 spiro atoms. The van der Waals surface area contributed by atoms with E-state index in [9.17, 15) is 0 Å². The lowest BCUT2D eigenvalue weighted by atomic mass is 10.3. The van der Waals surface area contributed by atoms with E-state index in [1.165, 1.54) is 12.8 Å². The zero-order valence-corrected chi connectivity index (χ0v) is 13.2. The smallest absolute Gasteiger partial charge is 0.337 e. The average molecular weight is 276 g/mol. The minimum atomic E-state index is -1.98. The summed E-state index contributed by atoms with van der Waals surface area (Å²) in [5, 5.41) is 0. The number of rotatable bonds is 11. The molecule has 0 aromatic carbocycles. The van der Waals surface area contributed by atoms with E-state index in [0.29, 0.717) is 6.10 Å². The van der Waals surface area contributed by atoms with Gasteiger partial charge in [-0.25, -0.2) is 0 Å². The molecular formula is C13H28O4Si. The van der Waals surface area contributed by atoms with E-state index in [4.69, 9.17) is 18.3 Å². The third-order valence-corrected chi connectivity index (χ3v) is 7.21. The second-order valence-electron chi connectivity index (χ2n) is 5.06. The Hall–Kier alpha value is 0.0569. The average Bonchev–Trinajstić information content (AvgIpc) is 3.21. The highest BCUT2D eigenvalue weighted by Gasteiger charge is 2.35. The van der Waals surface area contributed by atoms with Gasteiger partial charge < -0.3 is 18.3 Å². The first kappa shape index (κ1) is 16.1. The monoisotopic (exact) mass is 276 g/mol. The molecule has 5 heteroatoms. The fraction of sp³-hybridized carbons (Fsp3) is 1.00. The Labute approximate surface area is 112 Å². The predicted molar refractivity (Wildman–Crippen MR) is 74.1 cm³/mol. The maximum Gasteiger partial charge on any atom is 0.337 e. The molecule has 0 aromatic heterocycles. The Morgan fingerprint density at radius 1 is 1.28 bits per heavy atom. The summed E-state index contributed by atoms with van der Waals surface area (Å²) in [6.45, 7) is 5.90. The van der Waals surface area contributed by atoms with Crippen molar-refractivity contribution in [1.29, 1.82) is 0 Å². The van der Waals surface area contributed by atoms with Gasteiger partial charge in [0, 0.05) is 14.2 Å². The molecule has 1 heterocycles. The molecule has 0 aliphatic carbocycles. The number of unbranched alkanes of at least 4 members (excludes halogenated alkanes) is 1. The van der Waals surface area contributed by atoms with Crippen LogP contribution >= 0.6 is 0 Å². The van der Waals surface area contributed by atoms with Crippen LogP contribution in [0, 0.1) is 0 Å². The van der Waals surface area contributed by atoms with Gasteiger partial charge in [-0.15, -0.1) is 0 Å². The summed E-state index contributed by atoms with van der Waals surface area (Å²) in [5.74, 6) is 0. The van der Waals surface area contributed by atoms with Crippen molar-refractivity contribution in [2.75, 3.05) is 27.4 Å². The molecule has 4 nitrogen and oxygen atoms in total. The van der Waals surface area contributed by atoms with E-state index in [0.717, 1.165) is 31.7 Å². The molecule has 2 atom stereocenters. The van der Waals surface area contributed by atoms with Gasteiger partial charge in [0.1, 0.15) is 6.10 Å². The van der Waals surface area contributed by atoms with Crippen molar-refractivity contribution in [2.45, 2.75) is 57.4 Å². The van der Waals surface area contributed by atoms with Crippen molar-refractivity contribution < 1.29 is 18.3 Å². The molecule has 0 aromatic rings. The highest BCUT2D eigenvalue weighted by molar-refractivity contribution is 6.67. The first-order valence-electron chi connectivity index (χ1n) is 6.99. The van der Waals surface area contributed by atoms with E-state index in [1.807, 2.05) is 0 Å². The summed E-state index contributed by atoms with van der Waals surface area (Å²) in [5.41, 5.74) is 0. The van der Waals surface area contributed by atoms with E-state index < -0.39 is 8.56 Å². The van der Waals surface area contributed by atoms with Gasteiger partial charge in [-0.2, -0.15) is 0 Å². The number of ether oxygens (including phenoxy) is 2. The standard InChI is InChI=1S/C13H28O4Si/c1-5-6-8-18(14-3,15-4)9-7-12(2)16-10-13-11-17-13/h12-13H,5-11H2,1-4H3. The molecule has 0 bridgehead atoms. The third-order valence-electron chi connectivity index (χ3n) is 3.56. The van der Waals surface area contributed by atoms with Crippen molar-refractivity contribution in [3.63, 3.8) is 0 Å². The zero-order chi connectivity index (χ0) is 13.4. The van der Waals surface area contributed by atoms with Gasteiger partial charge in [0.15, 0.2) is 0 Å². The number of epoxide rings is 1. The molecule has 1 aliphatic rings. The number of hydrogen-bond acceptors (Lipinski definition) is 4. The Balaban J connectivity index is 2.25. The topological polar surface area (TPSA) is 40.2 Å². The first-order chi connectivity index (χ1) is 8.65. The predicted octanol–water partition coefficient (Wildman–Crippen LogP) is 2.72. The quantitative estimate of drug-likeness (QED) is 0.430. The van der Waals surface area contributed by atoms with Crippen molar-refractivity contribution in [1.82, 2.24) is 0 Å². The molecule has 0 saturated carbocycles. The van der Waals surface area contributed by atoms with Gasteiger partial charge in [0.2, 0.25) is 0 Å². The lowest BCUT2D eigenvalue weighted by Gasteiger charge is -2.28. The van der Waals surface area contributed by atoms with Crippen molar-refractivity contribution in [2.24, 2.45) is 0 Å². The molecular weight excluding hydrogens is 248 g/mol. The lowest BCUT2D eigenvalue weighted by Crippen LogP contribution is -2.40. The van der Waals surface area contributed by atoms with Gasteiger partial charge >= 0.3 is 8.56 Å². The summed E-state index contributed by atoms with van der Waals surface area (Å²) in [6.07, 6.45) is 3.98. The van der Waals surface area contributed by atoms with Crippen LogP contribution in [0.3, 0.4) is 0 Å². The van der Waals surface area contributed by atoms with E-state index in [-0.39, 0.29) is 6.10 Å². The third kappa shape index (κ3) is 5.80. The second-order valence-corrected chi connectivity index (χ2v) is 8.70. The Kier molecular flexibility index (Phi) is 7.40. The molecule has 0 amide bonds. The van der Waals surface area contributed by atoms with Crippen LogP contribution in [0.15, 0.2) is 0 Å². The SMILES string of the molecule is CCCC[Si](CCC(C)OCC1CO1)(OC)OC. The minimum Gasteiger partial charge on any atom is -0.398 e. The van der Waals surface area contributed by atoms with Crippen LogP contribution in [-0.4, -0.2) is 48.2 Å². The van der Waals surface area contributed by atoms with Gasteiger partial charge in [-0.3, -0.25) is 0 Å². The van der Waals surface area contributed by atoms with E-state index in [2.05, 4.69) is 13.8 Å². The zero-order valence-electron chi connectivity index (χ0n) is 12.2.